The Morgan fingerprint density at radius 2 is 2.11 bits per heavy atom. The van der Waals surface area contributed by atoms with E-state index in [4.69, 9.17) is 4.74 Å². The Bertz CT molecular complexity index is 1130. The summed E-state index contributed by atoms with van der Waals surface area (Å²) in [5.74, 6) is 0.678. The zero-order valence-corrected chi connectivity index (χ0v) is 15.5. The summed E-state index contributed by atoms with van der Waals surface area (Å²) < 4.78 is 6.99. The molecule has 7 nitrogen and oxygen atoms in total. The van der Waals surface area contributed by atoms with E-state index in [1.54, 1.807) is 28.9 Å². The molecule has 0 radical (unpaired) electrons. The Hall–Kier alpha value is -3.40. The molecule has 28 heavy (non-hydrogen) atoms. The van der Waals surface area contributed by atoms with Crippen LogP contribution in [0.5, 0.6) is 5.88 Å². The lowest BCUT2D eigenvalue weighted by molar-refractivity contribution is -0.123. The molecular weight excluding hydrogens is 354 g/mol. The topological polar surface area (TPSA) is 83.5 Å². The quantitative estimate of drug-likeness (QED) is 0.702. The second-order valence-electron chi connectivity index (χ2n) is 7.43. The van der Waals surface area contributed by atoms with Gasteiger partial charge in [0.2, 0.25) is 11.8 Å². The summed E-state index contributed by atoms with van der Waals surface area (Å²) in [5.41, 5.74) is 2.70. The molecule has 5 rings (SSSR count). The van der Waals surface area contributed by atoms with Crippen LogP contribution in [0.25, 0.3) is 16.6 Å². The van der Waals surface area contributed by atoms with Crippen LogP contribution in [0.2, 0.25) is 0 Å². The normalized spacial score (nSPS) is 21.9. The molecule has 3 aromatic heterocycles. The highest BCUT2D eigenvalue weighted by Gasteiger charge is 2.56. The zero-order valence-electron chi connectivity index (χ0n) is 15.5. The number of rotatable bonds is 4. The van der Waals surface area contributed by atoms with Gasteiger partial charge >= 0.3 is 0 Å². The molecule has 4 heterocycles. The summed E-state index contributed by atoms with van der Waals surface area (Å²) >= 11 is 0. The summed E-state index contributed by atoms with van der Waals surface area (Å²) in [4.78, 5) is 19.1. The number of aromatic nitrogens is 3. The van der Waals surface area contributed by atoms with Gasteiger partial charge in [-0.25, -0.2) is 9.50 Å². The minimum absolute atomic E-state index is 0.0704. The largest absolute Gasteiger partial charge is 0.481 e. The molecular formula is C21H19N5O2. The highest BCUT2D eigenvalue weighted by atomic mass is 16.5. The van der Waals surface area contributed by atoms with Crippen LogP contribution in [-0.4, -0.2) is 34.2 Å². The van der Waals surface area contributed by atoms with E-state index in [0.29, 0.717) is 18.8 Å². The molecule has 1 atom stereocenters. The fraction of sp³-hybridized carbons (Fsp3) is 0.333. The van der Waals surface area contributed by atoms with Gasteiger partial charge in [-0.05, 0) is 48.9 Å². The fourth-order valence-corrected chi connectivity index (χ4v) is 4.20. The summed E-state index contributed by atoms with van der Waals surface area (Å²) in [6.07, 6.45) is 7.85. The third-order valence-electron chi connectivity index (χ3n) is 5.88. The first kappa shape index (κ1) is 16.8. The van der Waals surface area contributed by atoms with E-state index < -0.39 is 5.41 Å². The van der Waals surface area contributed by atoms with Gasteiger partial charge in [-0.15, -0.1) is 0 Å². The summed E-state index contributed by atoms with van der Waals surface area (Å²) in [6.45, 7) is 0.562. The SMILES string of the molecule is COc1cc(-c2cc3c(N4CC[C@](C#N)(C5CC5)C4=O)ccnn3c2)ccn1. The molecule has 1 aliphatic heterocycles. The van der Waals surface area contributed by atoms with Gasteiger partial charge in [-0.3, -0.25) is 4.79 Å². The van der Waals surface area contributed by atoms with E-state index in [9.17, 15) is 10.1 Å². The second kappa shape index (κ2) is 6.06. The maximum Gasteiger partial charge on any atom is 0.247 e. The predicted molar refractivity (Wildman–Crippen MR) is 103 cm³/mol. The molecule has 0 spiro atoms. The van der Waals surface area contributed by atoms with Crippen LogP contribution in [-0.2, 0) is 4.79 Å². The molecule has 1 saturated heterocycles. The lowest BCUT2D eigenvalue weighted by Gasteiger charge is -2.21. The lowest BCUT2D eigenvalue weighted by atomic mass is 9.83. The minimum Gasteiger partial charge on any atom is -0.481 e. The van der Waals surface area contributed by atoms with Crippen LogP contribution >= 0.6 is 0 Å². The van der Waals surface area contributed by atoms with Crippen LogP contribution in [0.15, 0.2) is 42.9 Å². The van der Waals surface area contributed by atoms with Crippen molar-refractivity contribution in [2.24, 2.45) is 11.3 Å². The van der Waals surface area contributed by atoms with E-state index in [1.165, 1.54) is 0 Å². The molecule has 2 fully saturated rings. The molecule has 0 unspecified atom stereocenters. The Kier molecular flexibility index (Phi) is 3.63. The van der Waals surface area contributed by atoms with E-state index in [0.717, 1.165) is 35.2 Å². The Balaban J connectivity index is 1.57. The fourth-order valence-electron chi connectivity index (χ4n) is 4.20. The number of hydrogen-bond donors (Lipinski definition) is 0. The highest BCUT2D eigenvalue weighted by Crippen LogP contribution is 2.52. The van der Waals surface area contributed by atoms with Crippen molar-refractivity contribution in [1.29, 1.82) is 5.26 Å². The molecule has 1 saturated carbocycles. The summed E-state index contributed by atoms with van der Waals surface area (Å²) in [6, 6.07) is 9.98. The van der Waals surface area contributed by atoms with Gasteiger partial charge in [0.1, 0.15) is 5.41 Å². The Morgan fingerprint density at radius 1 is 1.25 bits per heavy atom. The maximum absolute atomic E-state index is 13.2. The van der Waals surface area contributed by atoms with Gasteiger partial charge in [0.15, 0.2) is 0 Å². The lowest BCUT2D eigenvalue weighted by Crippen LogP contribution is -2.35. The number of nitrogens with zero attached hydrogens (tertiary/aromatic N) is 5. The Labute approximate surface area is 162 Å². The average Bonchev–Trinajstić information content (AvgIpc) is 3.40. The monoisotopic (exact) mass is 373 g/mol. The molecule has 140 valence electrons. The number of anilines is 1. The first-order valence-electron chi connectivity index (χ1n) is 9.37. The minimum atomic E-state index is -0.853. The van der Waals surface area contributed by atoms with Gasteiger partial charge < -0.3 is 9.64 Å². The standard InChI is InChI=1S/C21H19N5O2/c1-28-19-11-14(4-7-23-19)15-10-18-17(5-8-24-26(18)12-15)25-9-6-21(13-22,20(25)27)16-2-3-16/h4-5,7-8,10-12,16H,2-3,6,9H2,1H3/t21-/m0/s1. The number of amides is 1. The summed E-state index contributed by atoms with van der Waals surface area (Å²) in [7, 11) is 1.59. The predicted octanol–water partition coefficient (Wildman–Crippen LogP) is 3.06. The number of nitriles is 1. The first-order chi connectivity index (χ1) is 13.7. The van der Waals surface area contributed by atoms with Crippen LogP contribution in [0.4, 0.5) is 5.69 Å². The number of methoxy groups -OCH3 is 1. The van der Waals surface area contributed by atoms with Crippen molar-refractivity contribution in [3.05, 3.63) is 42.9 Å². The molecule has 2 aliphatic rings. The van der Waals surface area contributed by atoms with Gasteiger partial charge in [-0.1, -0.05) is 0 Å². The van der Waals surface area contributed by atoms with Crippen molar-refractivity contribution in [2.75, 3.05) is 18.6 Å². The second-order valence-corrected chi connectivity index (χ2v) is 7.43. The van der Waals surface area contributed by atoms with E-state index in [-0.39, 0.29) is 11.8 Å². The molecule has 1 aliphatic carbocycles. The Morgan fingerprint density at radius 3 is 2.86 bits per heavy atom. The molecule has 1 amide bonds. The average molecular weight is 373 g/mol. The molecule has 3 aromatic rings. The number of ether oxygens (including phenoxy) is 1. The number of fused-ring (bicyclic) bond motifs is 1. The van der Waals surface area contributed by atoms with Crippen LogP contribution < -0.4 is 9.64 Å². The van der Waals surface area contributed by atoms with Gasteiger partial charge in [0, 0.05) is 36.8 Å². The van der Waals surface area contributed by atoms with Gasteiger partial charge in [0.05, 0.1) is 24.4 Å². The number of carbonyl (C=O) groups is 1. The first-order valence-corrected chi connectivity index (χ1v) is 9.37. The van der Waals surface area contributed by atoms with Crippen molar-refractivity contribution < 1.29 is 9.53 Å². The highest BCUT2D eigenvalue weighted by molar-refractivity contribution is 6.05. The van der Waals surface area contributed by atoms with E-state index in [1.807, 2.05) is 30.5 Å². The third kappa shape index (κ3) is 2.38. The molecule has 0 aromatic carbocycles. The van der Waals surface area contributed by atoms with E-state index in [2.05, 4.69) is 16.2 Å². The van der Waals surface area contributed by atoms with Crippen molar-refractivity contribution in [3.8, 4) is 23.1 Å². The van der Waals surface area contributed by atoms with Crippen LogP contribution in [0.1, 0.15) is 19.3 Å². The smallest absolute Gasteiger partial charge is 0.247 e. The molecule has 0 bridgehead atoms. The zero-order chi connectivity index (χ0) is 19.3. The van der Waals surface area contributed by atoms with Crippen molar-refractivity contribution in [2.45, 2.75) is 19.3 Å². The van der Waals surface area contributed by atoms with Crippen LogP contribution in [0.3, 0.4) is 0 Å². The number of pyridine rings is 1. The molecule has 0 N–H and O–H groups in total. The summed E-state index contributed by atoms with van der Waals surface area (Å²) in [5, 5.41) is 14.1. The van der Waals surface area contributed by atoms with Crippen molar-refractivity contribution in [1.82, 2.24) is 14.6 Å². The number of hydrogen-bond acceptors (Lipinski definition) is 5. The number of carbonyl (C=O) groups excluding carboxylic acids is 1. The van der Waals surface area contributed by atoms with Crippen molar-refractivity contribution >= 4 is 17.1 Å². The third-order valence-corrected chi connectivity index (χ3v) is 5.88. The van der Waals surface area contributed by atoms with Crippen LogP contribution in [0, 0.1) is 22.7 Å². The van der Waals surface area contributed by atoms with Crippen molar-refractivity contribution in [3.63, 3.8) is 0 Å². The van der Waals surface area contributed by atoms with E-state index >= 15 is 0 Å². The molecule has 7 heteroatoms. The van der Waals surface area contributed by atoms with Gasteiger partial charge in [0.25, 0.3) is 0 Å². The van der Waals surface area contributed by atoms with Gasteiger partial charge in [-0.2, -0.15) is 10.4 Å². The maximum atomic E-state index is 13.2.